The van der Waals surface area contributed by atoms with Crippen molar-refractivity contribution < 1.29 is 0 Å². The molecule has 0 bridgehead atoms. The summed E-state index contributed by atoms with van der Waals surface area (Å²) in [4.78, 5) is 0. The van der Waals surface area contributed by atoms with E-state index in [9.17, 15) is 0 Å². The monoisotopic (exact) mass is 277 g/mol. The lowest BCUT2D eigenvalue weighted by Crippen LogP contribution is -2.42. The van der Waals surface area contributed by atoms with E-state index in [1.165, 1.54) is 16.7 Å². The number of nitrogens with one attached hydrogen (secondary N) is 1. The molecular weight excluding hydrogens is 254 g/mol. The van der Waals surface area contributed by atoms with Crippen LogP contribution in [0.15, 0.2) is 84.5 Å². The maximum absolute atomic E-state index is 3.56. The predicted molar refractivity (Wildman–Crippen MR) is 91.3 cm³/mol. The summed E-state index contributed by atoms with van der Waals surface area (Å²) < 4.78 is 0. The molecule has 0 aliphatic heterocycles. The SMILES string of the molecule is C/C=C\C(=C/C)C(NC)(c1ccccc1)c1ccccc1. The summed E-state index contributed by atoms with van der Waals surface area (Å²) in [6, 6.07) is 21.2. The summed E-state index contributed by atoms with van der Waals surface area (Å²) in [6.45, 7) is 4.15. The number of rotatable bonds is 5. The van der Waals surface area contributed by atoms with Gasteiger partial charge in [0.1, 0.15) is 0 Å². The Labute approximate surface area is 128 Å². The molecule has 2 rings (SSSR count). The summed E-state index contributed by atoms with van der Waals surface area (Å²) in [6.07, 6.45) is 6.44. The Kier molecular flexibility index (Phi) is 5.13. The molecule has 0 heterocycles. The third-order valence-corrected chi connectivity index (χ3v) is 3.88. The molecule has 0 fully saturated rings. The molecule has 0 atom stereocenters. The van der Waals surface area contributed by atoms with Crippen molar-refractivity contribution in [2.45, 2.75) is 19.4 Å². The van der Waals surface area contributed by atoms with Gasteiger partial charge in [-0.1, -0.05) is 78.9 Å². The Morgan fingerprint density at radius 2 is 1.33 bits per heavy atom. The highest BCUT2D eigenvalue weighted by Crippen LogP contribution is 2.37. The van der Waals surface area contributed by atoms with Gasteiger partial charge in [-0.3, -0.25) is 0 Å². The lowest BCUT2D eigenvalue weighted by molar-refractivity contribution is 0.523. The maximum Gasteiger partial charge on any atom is 0.0942 e. The van der Waals surface area contributed by atoms with Gasteiger partial charge >= 0.3 is 0 Å². The molecule has 21 heavy (non-hydrogen) atoms. The zero-order chi connectivity index (χ0) is 15.1. The Morgan fingerprint density at radius 1 is 0.857 bits per heavy atom. The molecule has 0 aliphatic rings. The van der Waals surface area contributed by atoms with Crippen LogP contribution in [0.5, 0.6) is 0 Å². The van der Waals surface area contributed by atoms with Crippen LogP contribution in [-0.2, 0) is 5.54 Å². The fourth-order valence-electron chi connectivity index (χ4n) is 2.93. The minimum Gasteiger partial charge on any atom is -0.303 e. The Balaban J connectivity index is 2.74. The molecule has 2 aromatic carbocycles. The topological polar surface area (TPSA) is 12.0 Å². The van der Waals surface area contributed by atoms with E-state index in [0.29, 0.717) is 0 Å². The average molecular weight is 277 g/mol. The molecule has 0 aliphatic carbocycles. The number of benzene rings is 2. The van der Waals surface area contributed by atoms with Crippen LogP contribution in [0.25, 0.3) is 0 Å². The zero-order valence-corrected chi connectivity index (χ0v) is 13.0. The molecule has 0 aromatic heterocycles. The first-order valence-electron chi connectivity index (χ1n) is 7.39. The van der Waals surface area contributed by atoms with Crippen molar-refractivity contribution in [3.8, 4) is 0 Å². The first-order valence-corrected chi connectivity index (χ1v) is 7.39. The fraction of sp³-hybridized carbons (Fsp3) is 0.200. The summed E-state index contributed by atoms with van der Waals surface area (Å²) in [5.41, 5.74) is 3.39. The van der Waals surface area contributed by atoms with Crippen molar-refractivity contribution >= 4 is 0 Å². The van der Waals surface area contributed by atoms with Crippen molar-refractivity contribution in [1.29, 1.82) is 0 Å². The van der Waals surface area contributed by atoms with E-state index < -0.39 is 0 Å². The molecular formula is C20H23N. The lowest BCUT2D eigenvalue weighted by Gasteiger charge is -2.36. The van der Waals surface area contributed by atoms with Crippen LogP contribution in [0, 0.1) is 0 Å². The Hall–Kier alpha value is -2.12. The van der Waals surface area contributed by atoms with Crippen molar-refractivity contribution in [2.75, 3.05) is 7.05 Å². The van der Waals surface area contributed by atoms with Gasteiger partial charge in [-0.05, 0) is 37.6 Å². The van der Waals surface area contributed by atoms with Gasteiger partial charge in [0.2, 0.25) is 0 Å². The van der Waals surface area contributed by atoms with Gasteiger partial charge in [0.05, 0.1) is 5.54 Å². The molecule has 1 heteroatoms. The minimum atomic E-state index is -0.330. The van der Waals surface area contributed by atoms with Crippen molar-refractivity contribution in [3.63, 3.8) is 0 Å². The predicted octanol–water partition coefficient (Wildman–Crippen LogP) is 4.67. The van der Waals surface area contributed by atoms with E-state index in [2.05, 4.69) is 98.1 Å². The molecule has 0 saturated heterocycles. The highest BCUT2D eigenvalue weighted by molar-refractivity contribution is 5.51. The van der Waals surface area contributed by atoms with E-state index in [1.807, 2.05) is 7.05 Å². The van der Waals surface area contributed by atoms with E-state index in [1.54, 1.807) is 0 Å². The largest absolute Gasteiger partial charge is 0.303 e. The quantitative estimate of drug-likeness (QED) is 0.783. The van der Waals surface area contributed by atoms with Crippen LogP contribution >= 0.6 is 0 Å². The zero-order valence-electron chi connectivity index (χ0n) is 13.0. The second-order valence-electron chi connectivity index (χ2n) is 4.98. The van der Waals surface area contributed by atoms with Crippen molar-refractivity contribution in [2.24, 2.45) is 0 Å². The average Bonchev–Trinajstić information content (AvgIpc) is 2.57. The van der Waals surface area contributed by atoms with Gasteiger partial charge in [0.25, 0.3) is 0 Å². The number of hydrogen-bond donors (Lipinski definition) is 1. The van der Waals surface area contributed by atoms with Crippen LogP contribution in [-0.4, -0.2) is 7.05 Å². The first-order chi connectivity index (χ1) is 10.3. The van der Waals surface area contributed by atoms with Gasteiger partial charge in [0, 0.05) is 0 Å². The lowest BCUT2D eigenvalue weighted by atomic mass is 9.76. The van der Waals surface area contributed by atoms with Crippen LogP contribution in [0.4, 0.5) is 0 Å². The molecule has 0 radical (unpaired) electrons. The van der Waals surface area contributed by atoms with Gasteiger partial charge in [-0.2, -0.15) is 0 Å². The minimum absolute atomic E-state index is 0.330. The second-order valence-corrected chi connectivity index (χ2v) is 4.98. The van der Waals surface area contributed by atoms with Gasteiger partial charge in [-0.25, -0.2) is 0 Å². The molecule has 0 spiro atoms. The van der Waals surface area contributed by atoms with Crippen LogP contribution in [0.1, 0.15) is 25.0 Å². The molecule has 0 saturated carbocycles. The van der Waals surface area contributed by atoms with Gasteiger partial charge in [-0.15, -0.1) is 0 Å². The van der Waals surface area contributed by atoms with Crippen LogP contribution in [0.3, 0.4) is 0 Å². The molecule has 1 nitrogen and oxygen atoms in total. The third-order valence-electron chi connectivity index (χ3n) is 3.88. The van der Waals surface area contributed by atoms with Crippen molar-refractivity contribution in [1.82, 2.24) is 5.32 Å². The Morgan fingerprint density at radius 3 is 1.67 bits per heavy atom. The van der Waals surface area contributed by atoms with Crippen molar-refractivity contribution in [3.05, 3.63) is 95.6 Å². The van der Waals surface area contributed by atoms with E-state index in [0.717, 1.165) is 0 Å². The molecule has 2 aromatic rings. The van der Waals surface area contributed by atoms with E-state index in [-0.39, 0.29) is 5.54 Å². The van der Waals surface area contributed by atoms with E-state index in [4.69, 9.17) is 0 Å². The van der Waals surface area contributed by atoms with Crippen LogP contribution in [0.2, 0.25) is 0 Å². The van der Waals surface area contributed by atoms with E-state index >= 15 is 0 Å². The van der Waals surface area contributed by atoms with Gasteiger partial charge in [0.15, 0.2) is 0 Å². The maximum atomic E-state index is 3.56. The fourth-order valence-corrected chi connectivity index (χ4v) is 2.93. The number of allylic oxidation sites excluding steroid dienone is 2. The molecule has 0 unspecified atom stereocenters. The summed E-state index contributed by atoms with van der Waals surface area (Å²) >= 11 is 0. The molecule has 1 N–H and O–H groups in total. The second kappa shape index (κ2) is 7.05. The summed E-state index contributed by atoms with van der Waals surface area (Å²) in [7, 11) is 2.02. The molecule has 0 amide bonds. The normalized spacial score (nSPS) is 12.8. The molecule has 108 valence electrons. The highest BCUT2D eigenvalue weighted by Gasteiger charge is 2.34. The smallest absolute Gasteiger partial charge is 0.0942 e. The summed E-state index contributed by atoms with van der Waals surface area (Å²) in [5, 5.41) is 3.56. The standard InChI is InChI=1S/C20H23N/c1-4-12-17(5-2)20(21-3,18-13-8-6-9-14-18)19-15-10-7-11-16-19/h4-16,21H,1-3H3/b12-4-,17-5+. The van der Waals surface area contributed by atoms with Gasteiger partial charge < -0.3 is 5.32 Å². The number of likely N-dealkylation sites (N-methyl/N-ethyl adjacent to an activating group) is 1. The number of hydrogen-bond acceptors (Lipinski definition) is 1. The Bertz CT molecular complexity index is 569. The highest BCUT2D eigenvalue weighted by atomic mass is 14.9. The first kappa shape index (κ1) is 15.3. The summed E-state index contributed by atoms with van der Waals surface area (Å²) in [5.74, 6) is 0. The van der Waals surface area contributed by atoms with Crippen LogP contribution < -0.4 is 5.32 Å². The third kappa shape index (κ3) is 2.84.